The highest BCUT2D eigenvalue weighted by molar-refractivity contribution is 7.93. The Labute approximate surface area is 231 Å². The van der Waals surface area contributed by atoms with E-state index < -0.39 is 10.0 Å². The van der Waals surface area contributed by atoms with Gasteiger partial charge < -0.3 is 10.6 Å². The monoisotopic (exact) mass is 544 g/mol. The summed E-state index contributed by atoms with van der Waals surface area (Å²) in [5, 5.41) is 6.11. The fraction of sp³-hybridized carbons (Fsp3) is 0.323. The highest BCUT2D eigenvalue weighted by Gasteiger charge is 2.36. The van der Waals surface area contributed by atoms with Gasteiger partial charge >= 0.3 is 0 Å². The van der Waals surface area contributed by atoms with Gasteiger partial charge in [0.2, 0.25) is 10.0 Å². The number of nitrogens with zero attached hydrogens (tertiary/aromatic N) is 1. The molecule has 8 heteroatoms. The zero-order valence-corrected chi connectivity index (χ0v) is 23.4. The normalized spacial score (nSPS) is 16.1. The Morgan fingerprint density at radius 1 is 0.923 bits per heavy atom. The summed E-state index contributed by atoms with van der Waals surface area (Å²) in [4.78, 5) is 15.8. The fourth-order valence-corrected chi connectivity index (χ4v) is 6.37. The van der Waals surface area contributed by atoms with Gasteiger partial charge in [-0.05, 0) is 80.2 Å². The molecule has 39 heavy (non-hydrogen) atoms. The predicted molar refractivity (Wildman–Crippen MR) is 160 cm³/mol. The Morgan fingerprint density at radius 3 is 2.23 bits per heavy atom. The number of carbonyl (C=O) groups is 1. The van der Waals surface area contributed by atoms with Crippen molar-refractivity contribution in [1.82, 2.24) is 4.90 Å². The predicted octanol–water partition coefficient (Wildman–Crippen LogP) is 6.15. The van der Waals surface area contributed by atoms with Crippen molar-refractivity contribution in [3.63, 3.8) is 0 Å². The van der Waals surface area contributed by atoms with Crippen LogP contribution in [0.3, 0.4) is 0 Å². The fourth-order valence-electron chi connectivity index (χ4n) is 4.99. The molecule has 204 valence electrons. The van der Waals surface area contributed by atoms with Crippen LogP contribution in [-0.4, -0.2) is 37.6 Å². The largest absolute Gasteiger partial charge is 0.354 e. The summed E-state index contributed by atoms with van der Waals surface area (Å²) in [6.45, 7) is 7.47. The lowest BCUT2D eigenvalue weighted by Crippen LogP contribution is -2.24. The van der Waals surface area contributed by atoms with Crippen LogP contribution in [0.1, 0.15) is 56.2 Å². The zero-order chi connectivity index (χ0) is 27.4. The number of hydrogen-bond acceptors (Lipinski definition) is 5. The number of nitrogens with one attached hydrogen (secondary N) is 3. The molecule has 0 radical (unpaired) electrons. The lowest BCUT2D eigenvalue weighted by molar-refractivity contribution is -0.110. The van der Waals surface area contributed by atoms with Crippen LogP contribution in [0.4, 0.5) is 17.1 Å². The summed E-state index contributed by atoms with van der Waals surface area (Å²) in [5.41, 5.74) is 5.89. The molecular formula is C31H36N4O3S. The van der Waals surface area contributed by atoms with Crippen LogP contribution in [0.15, 0.2) is 72.8 Å². The summed E-state index contributed by atoms with van der Waals surface area (Å²) in [5.74, 6) is -0.232. The summed E-state index contributed by atoms with van der Waals surface area (Å²) in [7, 11) is -3.42. The molecule has 0 spiro atoms. The summed E-state index contributed by atoms with van der Waals surface area (Å²) >= 11 is 0. The van der Waals surface area contributed by atoms with E-state index in [-0.39, 0.29) is 11.2 Å². The van der Waals surface area contributed by atoms with E-state index in [1.807, 2.05) is 42.5 Å². The lowest BCUT2D eigenvalue weighted by Gasteiger charge is -2.21. The second kappa shape index (κ2) is 11.6. The van der Waals surface area contributed by atoms with Gasteiger partial charge in [-0.1, -0.05) is 56.3 Å². The molecule has 0 bridgehead atoms. The number of sulfonamides is 1. The molecule has 3 aromatic rings. The Kier molecular flexibility index (Phi) is 8.04. The van der Waals surface area contributed by atoms with Gasteiger partial charge in [0.15, 0.2) is 0 Å². The van der Waals surface area contributed by atoms with Gasteiger partial charge in [-0.2, -0.15) is 0 Å². The Morgan fingerprint density at radius 2 is 1.59 bits per heavy atom. The van der Waals surface area contributed by atoms with Gasteiger partial charge in [-0.3, -0.25) is 14.4 Å². The van der Waals surface area contributed by atoms with Crippen molar-refractivity contribution in [2.45, 2.75) is 51.3 Å². The standard InChI is InChI=1S/C31H36N4O3S/c1-3-18-35(19-4-2)21-22-10-12-24(13-11-22)32-30(23-8-6-5-7-9-23)29-27-20-25(14-17-28(27)33-31(29)36)34-39(37,38)26-15-16-26/h5-14,17,20,26,32,34H,3-4,15-16,18-19,21H2,1-2H3,(H,33,36)/b30-29-. The van der Waals surface area contributed by atoms with Crippen LogP contribution in [0.25, 0.3) is 11.3 Å². The van der Waals surface area contributed by atoms with Crippen molar-refractivity contribution in [1.29, 1.82) is 0 Å². The Hall–Kier alpha value is -3.62. The number of fused-ring (bicyclic) bond motifs is 1. The minimum atomic E-state index is -3.42. The van der Waals surface area contributed by atoms with E-state index in [0.717, 1.165) is 43.7 Å². The van der Waals surface area contributed by atoms with Crippen LogP contribution < -0.4 is 15.4 Å². The number of hydrogen-bond donors (Lipinski definition) is 3. The number of amides is 1. The highest BCUT2D eigenvalue weighted by atomic mass is 32.2. The summed E-state index contributed by atoms with van der Waals surface area (Å²) in [6.07, 6.45) is 3.62. The first kappa shape index (κ1) is 27.0. The molecule has 3 aromatic carbocycles. The zero-order valence-electron chi connectivity index (χ0n) is 22.5. The molecule has 7 nitrogen and oxygen atoms in total. The molecule has 1 aliphatic carbocycles. The SMILES string of the molecule is CCCN(CCC)Cc1ccc(N/C(=C2\C(=O)Nc3ccc(NS(=O)(=O)C4CC4)cc32)c2ccccc2)cc1. The van der Waals surface area contributed by atoms with Crippen LogP contribution in [0.5, 0.6) is 0 Å². The smallest absolute Gasteiger partial charge is 0.258 e. The molecule has 0 atom stereocenters. The van der Waals surface area contributed by atoms with Crippen molar-refractivity contribution in [3.05, 3.63) is 89.5 Å². The van der Waals surface area contributed by atoms with Gasteiger partial charge in [0, 0.05) is 29.2 Å². The van der Waals surface area contributed by atoms with Crippen molar-refractivity contribution in [3.8, 4) is 0 Å². The minimum Gasteiger partial charge on any atom is -0.354 e. The van der Waals surface area contributed by atoms with E-state index >= 15 is 0 Å². The average Bonchev–Trinajstić information content (AvgIpc) is 3.74. The molecule has 1 heterocycles. The molecule has 0 unspecified atom stereocenters. The molecule has 1 fully saturated rings. The van der Waals surface area contributed by atoms with Gasteiger partial charge in [0.25, 0.3) is 5.91 Å². The quantitative estimate of drug-likeness (QED) is 0.238. The first-order valence-electron chi connectivity index (χ1n) is 13.7. The Bertz CT molecular complexity index is 1460. The minimum absolute atomic E-state index is 0.232. The van der Waals surface area contributed by atoms with Crippen LogP contribution >= 0.6 is 0 Å². The van der Waals surface area contributed by atoms with Crippen LogP contribution in [0.2, 0.25) is 0 Å². The molecule has 0 saturated heterocycles. The van der Waals surface area contributed by atoms with Crippen LogP contribution in [-0.2, 0) is 21.4 Å². The van der Waals surface area contributed by atoms with E-state index in [0.29, 0.717) is 41.1 Å². The third-order valence-corrected chi connectivity index (χ3v) is 8.88. The first-order valence-corrected chi connectivity index (χ1v) is 15.3. The molecule has 5 rings (SSSR count). The van der Waals surface area contributed by atoms with Crippen molar-refractivity contribution in [2.24, 2.45) is 0 Å². The molecule has 0 aromatic heterocycles. The second-order valence-corrected chi connectivity index (χ2v) is 12.2. The van der Waals surface area contributed by atoms with E-state index in [9.17, 15) is 13.2 Å². The Balaban J connectivity index is 1.48. The lowest BCUT2D eigenvalue weighted by atomic mass is 9.99. The summed E-state index contributed by atoms with van der Waals surface area (Å²) in [6, 6.07) is 23.3. The van der Waals surface area contributed by atoms with Gasteiger partial charge in [0.1, 0.15) is 0 Å². The maximum absolute atomic E-state index is 13.3. The van der Waals surface area contributed by atoms with Crippen molar-refractivity contribution in [2.75, 3.05) is 28.4 Å². The highest BCUT2D eigenvalue weighted by Crippen LogP contribution is 2.39. The number of anilines is 3. The molecular weight excluding hydrogens is 508 g/mol. The molecule has 2 aliphatic rings. The maximum atomic E-state index is 13.3. The third kappa shape index (κ3) is 6.34. The van der Waals surface area contributed by atoms with E-state index in [4.69, 9.17) is 0 Å². The van der Waals surface area contributed by atoms with E-state index in [1.165, 1.54) is 5.56 Å². The number of benzene rings is 3. The van der Waals surface area contributed by atoms with Crippen molar-refractivity contribution < 1.29 is 13.2 Å². The number of carbonyl (C=O) groups excluding carboxylic acids is 1. The first-order chi connectivity index (χ1) is 18.9. The van der Waals surface area contributed by atoms with Crippen LogP contribution in [0, 0.1) is 0 Å². The molecule has 1 aliphatic heterocycles. The van der Waals surface area contributed by atoms with E-state index in [2.05, 4.69) is 46.2 Å². The number of rotatable bonds is 12. The second-order valence-electron chi connectivity index (χ2n) is 10.3. The summed E-state index contributed by atoms with van der Waals surface area (Å²) < 4.78 is 27.8. The third-order valence-electron chi connectivity index (χ3n) is 7.01. The van der Waals surface area contributed by atoms with Gasteiger partial charge in [-0.25, -0.2) is 8.42 Å². The van der Waals surface area contributed by atoms with Gasteiger partial charge in [0.05, 0.1) is 16.5 Å². The van der Waals surface area contributed by atoms with E-state index in [1.54, 1.807) is 18.2 Å². The maximum Gasteiger partial charge on any atom is 0.258 e. The molecule has 1 amide bonds. The molecule has 3 N–H and O–H groups in total. The molecule has 1 saturated carbocycles. The average molecular weight is 545 g/mol. The van der Waals surface area contributed by atoms with Crippen molar-refractivity contribution >= 4 is 44.3 Å². The topological polar surface area (TPSA) is 90.5 Å². The van der Waals surface area contributed by atoms with Gasteiger partial charge in [-0.15, -0.1) is 0 Å².